The Morgan fingerprint density at radius 3 is 2.67 bits per heavy atom. The molecule has 1 aromatic carbocycles. The topological polar surface area (TPSA) is 119 Å². The number of nitrogens with two attached hydrogens (primary N) is 2. The first-order valence-corrected chi connectivity index (χ1v) is 8.58. The van der Waals surface area contributed by atoms with E-state index in [2.05, 4.69) is 21.2 Å². The van der Waals surface area contributed by atoms with Gasteiger partial charge >= 0.3 is 6.03 Å². The summed E-state index contributed by atoms with van der Waals surface area (Å²) < 4.78 is 0.830. The molecule has 24 heavy (non-hydrogen) atoms. The molecule has 1 aliphatic rings. The third-order valence-electron chi connectivity index (χ3n) is 4.10. The maximum Gasteiger partial charge on any atom is 0.312 e. The lowest BCUT2D eigenvalue weighted by molar-refractivity contribution is -0.141. The van der Waals surface area contributed by atoms with E-state index in [9.17, 15) is 14.4 Å². The number of carbonyl (C=O) groups is 3. The standard InChI is InChI=1S/C16H21BrN4O3/c17-11-5-3-4-10(8-11)12(20-16(19)24)9-14(22)21-7-2-1-6-13(21)15(18)23/h3-5,8,12-13H,1-2,6-7,9H2,(H2,18,23)(H3,19,20,24)/t12-,13-/m1/s1. The molecule has 7 nitrogen and oxygen atoms in total. The fourth-order valence-electron chi connectivity index (χ4n) is 2.97. The number of piperidine rings is 1. The monoisotopic (exact) mass is 396 g/mol. The van der Waals surface area contributed by atoms with Crippen LogP contribution >= 0.6 is 15.9 Å². The molecular weight excluding hydrogens is 376 g/mol. The number of hydrogen-bond donors (Lipinski definition) is 3. The summed E-state index contributed by atoms with van der Waals surface area (Å²) in [6, 6.07) is 5.42. The second-order valence-corrected chi connectivity index (χ2v) is 6.74. The van der Waals surface area contributed by atoms with Crippen LogP contribution in [-0.4, -0.2) is 35.3 Å². The Balaban J connectivity index is 2.17. The summed E-state index contributed by atoms with van der Waals surface area (Å²) in [5.74, 6) is -0.720. The lowest BCUT2D eigenvalue weighted by Gasteiger charge is -2.34. The van der Waals surface area contributed by atoms with Gasteiger partial charge in [-0.1, -0.05) is 28.1 Å². The molecule has 4 amide bonds. The third kappa shape index (κ3) is 4.70. The van der Waals surface area contributed by atoms with Crippen LogP contribution in [0.1, 0.15) is 37.3 Å². The predicted molar refractivity (Wildman–Crippen MR) is 92.8 cm³/mol. The zero-order chi connectivity index (χ0) is 17.7. The van der Waals surface area contributed by atoms with E-state index in [1.54, 1.807) is 6.07 Å². The number of hydrogen-bond acceptors (Lipinski definition) is 3. The van der Waals surface area contributed by atoms with Crippen LogP contribution in [0.5, 0.6) is 0 Å². The highest BCUT2D eigenvalue weighted by molar-refractivity contribution is 9.10. The van der Waals surface area contributed by atoms with Crippen molar-refractivity contribution in [3.8, 4) is 0 Å². The average molecular weight is 397 g/mol. The molecule has 8 heteroatoms. The Morgan fingerprint density at radius 2 is 2.04 bits per heavy atom. The van der Waals surface area contributed by atoms with Gasteiger partial charge in [-0.2, -0.15) is 0 Å². The summed E-state index contributed by atoms with van der Waals surface area (Å²) >= 11 is 3.37. The molecule has 0 bridgehead atoms. The Labute approximate surface area is 148 Å². The maximum absolute atomic E-state index is 12.7. The summed E-state index contributed by atoms with van der Waals surface area (Å²) in [5, 5.41) is 2.59. The molecule has 1 fully saturated rings. The molecule has 5 N–H and O–H groups in total. The van der Waals surface area contributed by atoms with E-state index in [0.29, 0.717) is 13.0 Å². The smallest absolute Gasteiger partial charge is 0.312 e. The minimum Gasteiger partial charge on any atom is -0.368 e. The minimum absolute atomic E-state index is 0.0170. The number of amides is 4. The zero-order valence-corrected chi connectivity index (χ0v) is 14.8. The first kappa shape index (κ1) is 18.3. The van der Waals surface area contributed by atoms with Gasteiger partial charge in [0.25, 0.3) is 0 Å². The maximum atomic E-state index is 12.7. The Morgan fingerprint density at radius 1 is 1.29 bits per heavy atom. The number of nitrogens with zero attached hydrogens (tertiary/aromatic N) is 1. The van der Waals surface area contributed by atoms with Crippen molar-refractivity contribution in [1.82, 2.24) is 10.2 Å². The van der Waals surface area contributed by atoms with Gasteiger partial charge in [-0.15, -0.1) is 0 Å². The Kier molecular flexibility index (Phi) is 6.19. The highest BCUT2D eigenvalue weighted by Gasteiger charge is 2.32. The predicted octanol–water partition coefficient (Wildman–Crippen LogP) is 1.41. The first-order chi connectivity index (χ1) is 11.4. The largest absolute Gasteiger partial charge is 0.368 e. The molecule has 1 aromatic rings. The van der Waals surface area contributed by atoms with Gasteiger partial charge in [-0.25, -0.2) is 4.79 Å². The highest BCUT2D eigenvalue weighted by atomic mass is 79.9. The number of carbonyl (C=O) groups excluding carboxylic acids is 3. The Bertz CT molecular complexity index is 638. The molecule has 0 radical (unpaired) electrons. The van der Waals surface area contributed by atoms with Gasteiger partial charge in [-0.3, -0.25) is 9.59 Å². The second kappa shape index (κ2) is 8.14. The molecule has 0 aliphatic carbocycles. The van der Waals surface area contributed by atoms with E-state index in [1.165, 1.54) is 4.90 Å². The number of benzene rings is 1. The number of urea groups is 1. The lowest BCUT2D eigenvalue weighted by Crippen LogP contribution is -2.51. The van der Waals surface area contributed by atoms with Gasteiger partial charge in [-0.05, 0) is 37.0 Å². The summed E-state index contributed by atoms with van der Waals surface area (Å²) in [7, 11) is 0. The Hall–Kier alpha value is -2.09. The van der Waals surface area contributed by atoms with Crippen LogP contribution in [0.4, 0.5) is 4.79 Å². The minimum atomic E-state index is -0.710. The number of primary amides is 2. The molecule has 1 saturated heterocycles. The van der Waals surface area contributed by atoms with Crippen LogP contribution < -0.4 is 16.8 Å². The first-order valence-electron chi connectivity index (χ1n) is 7.78. The number of likely N-dealkylation sites (tertiary alicyclic amines) is 1. The van der Waals surface area contributed by atoms with Crippen LogP contribution in [-0.2, 0) is 9.59 Å². The van der Waals surface area contributed by atoms with E-state index in [0.717, 1.165) is 22.9 Å². The van der Waals surface area contributed by atoms with Gasteiger partial charge < -0.3 is 21.7 Å². The molecule has 1 aliphatic heterocycles. The molecule has 0 unspecified atom stereocenters. The number of nitrogens with one attached hydrogen (secondary N) is 1. The van der Waals surface area contributed by atoms with Crippen LogP contribution in [0.2, 0.25) is 0 Å². The van der Waals surface area contributed by atoms with E-state index in [4.69, 9.17) is 11.5 Å². The summed E-state index contributed by atoms with van der Waals surface area (Å²) in [5.41, 5.74) is 11.4. The quantitative estimate of drug-likeness (QED) is 0.697. The van der Waals surface area contributed by atoms with Crippen molar-refractivity contribution < 1.29 is 14.4 Å². The van der Waals surface area contributed by atoms with Crippen LogP contribution in [0.15, 0.2) is 28.7 Å². The fraction of sp³-hybridized carbons (Fsp3) is 0.438. The summed E-state index contributed by atoms with van der Waals surface area (Å²) in [4.78, 5) is 37.1. The van der Waals surface area contributed by atoms with Crippen molar-refractivity contribution in [2.45, 2.75) is 37.8 Å². The second-order valence-electron chi connectivity index (χ2n) is 5.82. The van der Waals surface area contributed by atoms with Crippen LogP contribution in [0.25, 0.3) is 0 Å². The molecule has 130 valence electrons. The summed E-state index contributed by atoms with van der Waals surface area (Å²) in [6.07, 6.45) is 2.29. The lowest BCUT2D eigenvalue weighted by atomic mass is 9.98. The fourth-order valence-corrected chi connectivity index (χ4v) is 3.38. The van der Waals surface area contributed by atoms with E-state index in [1.807, 2.05) is 18.2 Å². The molecular formula is C16H21BrN4O3. The molecule has 2 rings (SSSR count). The van der Waals surface area contributed by atoms with Gasteiger partial charge in [0.15, 0.2) is 0 Å². The normalized spacial score (nSPS) is 18.7. The highest BCUT2D eigenvalue weighted by Crippen LogP contribution is 2.24. The van der Waals surface area contributed by atoms with E-state index < -0.39 is 24.0 Å². The SMILES string of the molecule is NC(=O)N[C@H](CC(=O)N1CCCC[C@@H]1C(N)=O)c1cccc(Br)c1. The van der Waals surface area contributed by atoms with Crippen molar-refractivity contribution in [2.24, 2.45) is 11.5 Å². The van der Waals surface area contributed by atoms with Crippen molar-refractivity contribution >= 4 is 33.8 Å². The van der Waals surface area contributed by atoms with Gasteiger partial charge in [0.05, 0.1) is 12.5 Å². The van der Waals surface area contributed by atoms with Crippen LogP contribution in [0, 0.1) is 0 Å². The van der Waals surface area contributed by atoms with Crippen molar-refractivity contribution in [3.63, 3.8) is 0 Å². The van der Waals surface area contributed by atoms with Crippen molar-refractivity contribution in [1.29, 1.82) is 0 Å². The molecule has 0 aromatic heterocycles. The van der Waals surface area contributed by atoms with Crippen molar-refractivity contribution in [3.05, 3.63) is 34.3 Å². The molecule has 2 atom stereocenters. The van der Waals surface area contributed by atoms with Gasteiger partial charge in [0.2, 0.25) is 11.8 Å². The molecule has 1 heterocycles. The van der Waals surface area contributed by atoms with E-state index >= 15 is 0 Å². The number of halogens is 1. The summed E-state index contributed by atoms with van der Waals surface area (Å²) in [6.45, 7) is 0.494. The zero-order valence-electron chi connectivity index (χ0n) is 13.2. The number of rotatable bonds is 5. The van der Waals surface area contributed by atoms with Gasteiger partial charge in [0.1, 0.15) is 6.04 Å². The van der Waals surface area contributed by atoms with Crippen LogP contribution in [0.3, 0.4) is 0 Å². The average Bonchev–Trinajstić information content (AvgIpc) is 2.53. The molecule has 0 saturated carbocycles. The molecule has 0 spiro atoms. The third-order valence-corrected chi connectivity index (χ3v) is 4.59. The van der Waals surface area contributed by atoms with Gasteiger partial charge in [0, 0.05) is 11.0 Å². The van der Waals surface area contributed by atoms with Crippen molar-refractivity contribution in [2.75, 3.05) is 6.54 Å². The van der Waals surface area contributed by atoms with E-state index in [-0.39, 0.29) is 12.3 Å².